The fourth-order valence-corrected chi connectivity index (χ4v) is 8.63. The van der Waals surface area contributed by atoms with Crippen LogP contribution in [0, 0.1) is 40.4 Å². The Morgan fingerprint density at radius 2 is 1.87 bits per heavy atom. The molecule has 8 atom stereocenters. The third-order valence-electron chi connectivity index (χ3n) is 10.2. The number of allylic oxidation sites excluding steroid dienone is 1. The first-order valence-corrected chi connectivity index (χ1v) is 13.1. The van der Waals surface area contributed by atoms with Crippen molar-refractivity contribution in [3.63, 3.8) is 0 Å². The van der Waals surface area contributed by atoms with Gasteiger partial charge in [0.1, 0.15) is 6.10 Å². The molecule has 0 N–H and O–H groups in total. The van der Waals surface area contributed by atoms with E-state index in [1.165, 1.54) is 44.9 Å². The Bertz CT molecular complexity index is 696. The Morgan fingerprint density at radius 3 is 2.58 bits per heavy atom. The lowest BCUT2D eigenvalue weighted by Gasteiger charge is -2.58. The SMILES string of the molecule is CC(=O)O[C@H]1CC[C@@]2(C)C(=CC[C@H]3[C@@H]4CC[C@H]([C@H](C)CCOC(C)C)[C@@]4(C)CC[C@@H]32)C1. The van der Waals surface area contributed by atoms with E-state index >= 15 is 0 Å². The smallest absolute Gasteiger partial charge is 0.302 e. The number of hydrogen-bond acceptors (Lipinski definition) is 3. The Balaban J connectivity index is 1.47. The largest absolute Gasteiger partial charge is 0.462 e. The Hall–Kier alpha value is -0.830. The molecule has 0 aliphatic heterocycles. The second kappa shape index (κ2) is 8.84. The minimum Gasteiger partial charge on any atom is -0.462 e. The summed E-state index contributed by atoms with van der Waals surface area (Å²) in [7, 11) is 0. The number of carbonyl (C=O) groups is 1. The van der Waals surface area contributed by atoms with E-state index in [1.54, 1.807) is 12.5 Å². The Kier molecular flexibility index (Phi) is 6.65. The van der Waals surface area contributed by atoms with E-state index in [-0.39, 0.29) is 12.1 Å². The molecule has 0 spiro atoms. The monoisotopic (exact) mass is 430 g/mol. The van der Waals surface area contributed by atoms with Crippen LogP contribution in [-0.2, 0) is 14.3 Å². The average molecular weight is 431 g/mol. The fraction of sp³-hybridized carbons (Fsp3) is 0.893. The molecule has 0 aromatic carbocycles. The zero-order valence-electron chi connectivity index (χ0n) is 20.9. The summed E-state index contributed by atoms with van der Waals surface area (Å²) in [5, 5.41) is 0. The molecule has 3 fully saturated rings. The summed E-state index contributed by atoms with van der Waals surface area (Å²) in [5.41, 5.74) is 2.44. The molecular formula is C28H46O3. The second-order valence-electron chi connectivity index (χ2n) is 12.1. The van der Waals surface area contributed by atoms with Crippen LogP contribution >= 0.6 is 0 Å². The summed E-state index contributed by atoms with van der Waals surface area (Å²) < 4.78 is 11.5. The van der Waals surface area contributed by atoms with Crippen LogP contribution in [0.2, 0.25) is 0 Å². The third-order valence-corrected chi connectivity index (χ3v) is 10.2. The van der Waals surface area contributed by atoms with Crippen molar-refractivity contribution in [3.05, 3.63) is 11.6 Å². The summed E-state index contributed by atoms with van der Waals surface area (Å²) in [6, 6.07) is 0. The van der Waals surface area contributed by atoms with Crippen molar-refractivity contribution in [2.45, 2.75) is 112 Å². The molecule has 0 aromatic heterocycles. The number of esters is 1. The highest BCUT2D eigenvalue weighted by molar-refractivity contribution is 5.66. The molecule has 3 heteroatoms. The molecule has 4 aliphatic carbocycles. The van der Waals surface area contributed by atoms with E-state index in [0.717, 1.165) is 49.0 Å². The number of carbonyl (C=O) groups excluding carboxylic acids is 1. The van der Waals surface area contributed by atoms with Crippen molar-refractivity contribution in [2.24, 2.45) is 40.4 Å². The van der Waals surface area contributed by atoms with Crippen LogP contribution in [0.15, 0.2) is 11.6 Å². The van der Waals surface area contributed by atoms with E-state index in [9.17, 15) is 4.79 Å². The van der Waals surface area contributed by atoms with E-state index in [0.29, 0.717) is 16.9 Å². The Labute approximate surface area is 190 Å². The number of hydrogen-bond donors (Lipinski definition) is 0. The van der Waals surface area contributed by atoms with Gasteiger partial charge in [-0.2, -0.15) is 0 Å². The van der Waals surface area contributed by atoms with E-state index in [4.69, 9.17) is 9.47 Å². The molecule has 0 heterocycles. The maximum absolute atomic E-state index is 11.5. The van der Waals surface area contributed by atoms with Crippen molar-refractivity contribution in [2.75, 3.05) is 6.61 Å². The van der Waals surface area contributed by atoms with Crippen LogP contribution in [0.4, 0.5) is 0 Å². The van der Waals surface area contributed by atoms with Crippen LogP contribution in [0.5, 0.6) is 0 Å². The molecule has 0 bridgehead atoms. The molecule has 3 saturated carbocycles. The first kappa shape index (κ1) is 23.3. The van der Waals surface area contributed by atoms with Crippen molar-refractivity contribution in [3.8, 4) is 0 Å². The molecule has 0 unspecified atom stereocenters. The molecular weight excluding hydrogens is 384 g/mol. The minimum atomic E-state index is -0.124. The molecule has 0 aromatic rings. The van der Waals surface area contributed by atoms with E-state index in [2.05, 4.69) is 40.7 Å². The zero-order valence-corrected chi connectivity index (χ0v) is 20.9. The van der Waals surface area contributed by atoms with E-state index < -0.39 is 0 Å². The van der Waals surface area contributed by atoms with Crippen molar-refractivity contribution >= 4 is 5.97 Å². The number of ether oxygens (including phenoxy) is 2. The first-order valence-electron chi connectivity index (χ1n) is 13.1. The van der Waals surface area contributed by atoms with Gasteiger partial charge in [0.05, 0.1) is 6.10 Å². The molecule has 31 heavy (non-hydrogen) atoms. The topological polar surface area (TPSA) is 35.5 Å². The van der Waals surface area contributed by atoms with Gasteiger partial charge in [0.2, 0.25) is 0 Å². The summed E-state index contributed by atoms with van der Waals surface area (Å²) in [6.07, 6.45) is 14.3. The van der Waals surface area contributed by atoms with Crippen LogP contribution in [-0.4, -0.2) is 24.8 Å². The van der Waals surface area contributed by atoms with Crippen LogP contribution in [0.1, 0.15) is 99.3 Å². The van der Waals surface area contributed by atoms with Gasteiger partial charge in [0.25, 0.3) is 0 Å². The number of rotatable bonds is 6. The quantitative estimate of drug-likeness (QED) is 0.338. The van der Waals surface area contributed by atoms with Crippen molar-refractivity contribution in [1.82, 2.24) is 0 Å². The standard InChI is InChI=1S/C28H46O3/c1-18(2)30-16-13-19(3)24-9-10-25-23-8-7-21-17-22(31-20(4)29)11-14-27(21,5)26(23)12-15-28(24,25)6/h7,18-19,22-26H,8-17H2,1-6H3/t19-,22+,23+,24-,25+,26+,27+,28-/m1/s1. The van der Waals surface area contributed by atoms with Crippen LogP contribution in [0.3, 0.4) is 0 Å². The lowest BCUT2D eigenvalue weighted by Crippen LogP contribution is -2.51. The highest BCUT2D eigenvalue weighted by Crippen LogP contribution is 2.67. The predicted octanol–water partition coefficient (Wildman–Crippen LogP) is 6.95. The molecule has 0 radical (unpaired) electrons. The average Bonchev–Trinajstić information content (AvgIpc) is 3.05. The highest BCUT2D eigenvalue weighted by Gasteiger charge is 2.59. The van der Waals surface area contributed by atoms with E-state index in [1.807, 2.05) is 0 Å². The predicted molar refractivity (Wildman–Crippen MR) is 126 cm³/mol. The van der Waals surface area contributed by atoms with Gasteiger partial charge < -0.3 is 9.47 Å². The van der Waals surface area contributed by atoms with Crippen molar-refractivity contribution in [1.29, 1.82) is 0 Å². The van der Waals surface area contributed by atoms with Gasteiger partial charge in [0, 0.05) is 20.0 Å². The highest BCUT2D eigenvalue weighted by atomic mass is 16.5. The van der Waals surface area contributed by atoms with Crippen LogP contribution < -0.4 is 0 Å². The maximum atomic E-state index is 11.5. The van der Waals surface area contributed by atoms with Crippen LogP contribution in [0.25, 0.3) is 0 Å². The van der Waals surface area contributed by atoms with Gasteiger partial charge in [-0.05, 0) is 106 Å². The van der Waals surface area contributed by atoms with Gasteiger partial charge >= 0.3 is 5.97 Å². The second-order valence-corrected chi connectivity index (χ2v) is 12.1. The fourth-order valence-electron chi connectivity index (χ4n) is 8.63. The van der Waals surface area contributed by atoms with Gasteiger partial charge in [-0.25, -0.2) is 0 Å². The Morgan fingerprint density at radius 1 is 1.10 bits per heavy atom. The van der Waals surface area contributed by atoms with Gasteiger partial charge in [-0.15, -0.1) is 0 Å². The summed E-state index contributed by atoms with van der Waals surface area (Å²) in [6.45, 7) is 14.4. The minimum absolute atomic E-state index is 0.104. The molecule has 0 saturated heterocycles. The lowest BCUT2D eigenvalue weighted by atomic mass is 9.47. The molecule has 0 amide bonds. The first-order chi connectivity index (χ1) is 14.6. The molecule has 176 valence electrons. The normalized spacial score (nSPS) is 42.9. The van der Waals surface area contributed by atoms with Gasteiger partial charge in [0.15, 0.2) is 0 Å². The van der Waals surface area contributed by atoms with Gasteiger partial charge in [-0.1, -0.05) is 32.4 Å². The zero-order chi connectivity index (χ0) is 22.4. The molecule has 3 nitrogen and oxygen atoms in total. The molecule has 4 rings (SSSR count). The number of fused-ring (bicyclic) bond motifs is 5. The third kappa shape index (κ3) is 4.25. The maximum Gasteiger partial charge on any atom is 0.302 e. The van der Waals surface area contributed by atoms with Crippen molar-refractivity contribution < 1.29 is 14.3 Å². The molecule has 4 aliphatic rings. The lowest BCUT2D eigenvalue weighted by molar-refractivity contribution is -0.148. The summed E-state index contributed by atoms with van der Waals surface area (Å²) >= 11 is 0. The summed E-state index contributed by atoms with van der Waals surface area (Å²) in [5.74, 6) is 4.04. The van der Waals surface area contributed by atoms with Gasteiger partial charge in [-0.3, -0.25) is 4.79 Å². The summed E-state index contributed by atoms with van der Waals surface area (Å²) in [4.78, 5) is 11.5.